The zero-order chi connectivity index (χ0) is 16.7. The molecule has 1 N–H and O–H groups in total. The smallest absolute Gasteiger partial charge is 0.231 e. The number of aromatic nitrogens is 2. The molecule has 0 fully saturated rings. The van der Waals surface area contributed by atoms with Crippen molar-refractivity contribution in [1.29, 1.82) is 0 Å². The minimum Gasteiger partial charge on any atom is -0.438 e. The number of benzene rings is 1. The fraction of sp³-hybridized carbons (Fsp3) is 0.278. The first-order valence-corrected chi connectivity index (χ1v) is 8.76. The van der Waals surface area contributed by atoms with Gasteiger partial charge >= 0.3 is 0 Å². The van der Waals surface area contributed by atoms with Gasteiger partial charge in [0.2, 0.25) is 11.8 Å². The Kier molecular flexibility index (Phi) is 3.69. The Bertz CT molecular complexity index is 932. The van der Waals surface area contributed by atoms with Gasteiger partial charge in [0.05, 0.1) is 5.39 Å². The van der Waals surface area contributed by atoms with Crippen molar-refractivity contribution < 1.29 is 9.53 Å². The van der Waals surface area contributed by atoms with Crippen molar-refractivity contribution in [1.82, 2.24) is 9.97 Å². The van der Waals surface area contributed by atoms with Crippen molar-refractivity contribution in [3.05, 3.63) is 40.5 Å². The highest BCUT2D eigenvalue weighted by molar-refractivity contribution is 7.19. The van der Waals surface area contributed by atoms with Crippen LogP contribution in [0, 0.1) is 6.92 Å². The standard InChI is InChI=1S/C18H17N3O2S/c1-10-19-17(16-14-4-3-5-15(14)24-18(16)20-10)23-13-8-6-12(7-9-13)21-11(2)22/h6-9H,3-5H2,1-2H3,(H,21,22). The van der Waals surface area contributed by atoms with Gasteiger partial charge in [-0.15, -0.1) is 11.3 Å². The fourth-order valence-electron chi connectivity index (χ4n) is 3.06. The summed E-state index contributed by atoms with van der Waals surface area (Å²) in [6.07, 6.45) is 3.38. The number of anilines is 1. The maximum Gasteiger partial charge on any atom is 0.231 e. The highest BCUT2D eigenvalue weighted by Gasteiger charge is 2.22. The monoisotopic (exact) mass is 339 g/mol. The summed E-state index contributed by atoms with van der Waals surface area (Å²) in [7, 11) is 0. The Morgan fingerprint density at radius 1 is 1.21 bits per heavy atom. The van der Waals surface area contributed by atoms with Crippen LogP contribution in [0.25, 0.3) is 10.2 Å². The van der Waals surface area contributed by atoms with Gasteiger partial charge in [-0.3, -0.25) is 4.79 Å². The highest BCUT2D eigenvalue weighted by Crippen LogP contribution is 2.41. The molecule has 0 aliphatic heterocycles. The quantitative estimate of drug-likeness (QED) is 0.775. The number of nitrogens with one attached hydrogen (secondary N) is 1. The molecule has 0 atom stereocenters. The van der Waals surface area contributed by atoms with Crippen molar-refractivity contribution >= 4 is 33.1 Å². The minimum absolute atomic E-state index is 0.0920. The van der Waals surface area contributed by atoms with Gasteiger partial charge in [-0.2, -0.15) is 4.98 Å². The van der Waals surface area contributed by atoms with E-state index in [1.54, 1.807) is 11.3 Å². The zero-order valence-corrected chi connectivity index (χ0v) is 14.4. The number of fused-ring (bicyclic) bond motifs is 3. The molecule has 122 valence electrons. The number of amides is 1. The van der Waals surface area contributed by atoms with Crippen molar-refractivity contribution in [2.24, 2.45) is 0 Å². The number of ether oxygens (including phenoxy) is 1. The fourth-order valence-corrected chi connectivity index (χ4v) is 4.36. The molecule has 1 aromatic carbocycles. The molecular formula is C18H17N3O2S. The first-order valence-electron chi connectivity index (χ1n) is 7.94. The van der Waals surface area contributed by atoms with Crippen LogP contribution in [0.1, 0.15) is 29.6 Å². The largest absolute Gasteiger partial charge is 0.438 e. The minimum atomic E-state index is -0.0920. The second-order valence-electron chi connectivity index (χ2n) is 5.92. The molecule has 5 nitrogen and oxygen atoms in total. The third-order valence-electron chi connectivity index (χ3n) is 4.03. The predicted molar refractivity (Wildman–Crippen MR) is 95.0 cm³/mol. The summed E-state index contributed by atoms with van der Waals surface area (Å²) >= 11 is 1.76. The van der Waals surface area contributed by atoms with Crippen LogP contribution in [0.15, 0.2) is 24.3 Å². The molecule has 1 aliphatic carbocycles. The van der Waals surface area contributed by atoms with Gasteiger partial charge in [0, 0.05) is 17.5 Å². The van der Waals surface area contributed by atoms with E-state index in [2.05, 4.69) is 15.3 Å². The molecule has 0 radical (unpaired) electrons. The molecule has 2 heterocycles. The number of hydrogen-bond acceptors (Lipinski definition) is 5. The van der Waals surface area contributed by atoms with E-state index in [0.29, 0.717) is 17.5 Å². The van der Waals surface area contributed by atoms with E-state index >= 15 is 0 Å². The lowest BCUT2D eigenvalue weighted by atomic mass is 10.2. The molecule has 0 bridgehead atoms. The zero-order valence-electron chi connectivity index (χ0n) is 13.5. The van der Waals surface area contributed by atoms with Gasteiger partial charge in [0.1, 0.15) is 16.4 Å². The van der Waals surface area contributed by atoms with E-state index in [4.69, 9.17) is 4.74 Å². The number of carbonyl (C=O) groups is 1. The van der Waals surface area contributed by atoms with E-state index in [9.17, 15) is 4.79 Å². The molecule has 0 saturated carbocycles. The number of rotatable bonds is 3. The van der Waals surface area contributed by atoms with E-state index in [0.717, 1.165) is 28.7 Å². The van der Waals surface area contributed by atoms with E-state index in [1.165, 1.54) is 23.8 Å². The van der Waals surface area contributed by atoms with E-state index in [1.807, 2.05) is 31.2 Å². The molecule has 3 aromatic rings. The maximum absolute atomic E-state index is 11.1. The summed E-state index contributed by atoms with van der Waals surface area (Å²) < 4.78 is 6.06. The summed E-state index contributed by atoms with van der Waals surface area (Å²) in [6, 6.07) is 7.31. The lowest BCUT2D eigenvalue weighted by molar-refractivity contribution is -0.114. The van der Waals surface area contributed by atoms with Crippen LogP contribution < -0.4 is 10.1 Å². The van der Waals surface area contributed by atoms with Crippen LogP contribution in [0.4, 0.5) is 5.69 Å². The number of hydrogen-bond donors (Lipinski definition) is 1. The second-order valence-corrected chi connectivity index (χ2v) is 7.00. The van der Waals surface area contributed by atoms with Crippen LogP contribution in [-0.4, -0.2) is 15.9 Å². The van der Waals surface area contributed by atoms with Crippen molar-refractivity contribution in [3.8, 4) is 11.6 Å². The summed E-state index contributed by atoms with van der Waals surface area (Å²) in [4.78, 5) is 22.6. The van der Waals surface area contributed by atoms with Crippen molar-refractivity contribution in [2.75, 3.05) is 5.32 Å². The van der Waals surface area contributed by atoms with Gasteiger partial charge in [-0.25, -0.2) is 4.98 Å². The lowest BCUT2D eigenvalue weighted by Crippen LogP contribution is -2.05. The third-order valence-corrected chi connectivity index (χ3v) is 5.22. The average molecular weight is 339 g/mol. The Morgan fingerprint density at radius 2 is 2.00 bits per heavy atom. The van der Waals surface area contributed by atoms with Gasteiger partial charge in [-0.1, -0.05) is 0 Å². The number of carbonyl (C=O) groups excluding carboxylic acids is 1. The van der Waals surface area contributed by atoms with Crippen LogP contribution in [0.5, 0.6) is 11.6 Å². The van der Waals surface area contributed by atoms with Crippen LogP contribution in [0.2, 0.25) is 0 Å². The summed E-state index contributed by atoms with van der Waals surface area (Å²) in [6.45, 7) is 3.37. The van der Waals surface area contributed by atoms with Crippen molar-refractivity contribution in [3.63, 3.8) is 0 Å². The molecule has 24 heavy (non-hydrogen) atoms. The average Bonchev–Trinajstić information content (AvgIpc) is 3.08. The highest BCUT2D eigenvalue weighted by atomic mass is 32.1. The molecule has 0 spiro atoms. The normalized spacial score (nSPS) is 13.1. The maximum atomic E-state index is 11.1. The van der Waals surface area contributed by atoms with Gasteiger partial charge in [0.25, 0.3) is 0 Å². The molecule has 2 aromatic heterocycles. The van der Waals surface area contributed by atoms with E-state index in [-0.39, 0.29) is 5.91 Å². The van der Waals surface area contributed by atoms with Crippen LogP contribution in [-0.2, 0) is 17.6 Å². The van der Waals surface area contributed by atoms with Gasteiger partial charge < -0.3 is 10.1 Å². The predicted octanol–water partition coefficient (Wildman–Crippen LogP) is 4.24. The number of nitrogens with zero attached hydrogens (tertiary/aromatic N) is 2. The Balaban J connectivity index is 1.70. The van der Waals surface area contributed by atoms with E-state index < -0.39 is 0 Å². The van der Waals surface area contributed by atoms with Crippen LogP contribution in [0.3, 0.4) is 0 Å². The van der Waals surface area contributed by atoms with Gasteiger partial charge in [-0.05, 0) is 56.0 Å². The molecule has 6 heteroatoms. The number of thiophene rings is 1. The summed E-state index contributed by atoms with van der Waals surface area (Å²) in [5.41, 5.74) is 2.09. The van der Waals surface area contributed by atoms with Gasteiger partial charge in [0.15, 0.2) is 0 Å². The Hall–Kier alpha value is -2.47. The first-order chi connectivity index (χ1) is 11.6. The SMILES string of the molecule is CC(=O)Nc1ccc(Oc2nc(C)nc3sc4c(c23)CCC4)cc1. The molecule has 1 amide bonds. The summed E-state index contributed by atoms with van der Waals surface area (Å²) in [5.74, 6) is 1.95. The molecule has 4 rings (SSSR count). The molecule has 0 saturated heterocycles. The van der Waals surface area contributed by atoms with Crippen LogP contribution >= 0.6 is 11.3 Å². The number of aryl methyl sites for hydroxylation is 3. The van der Waals surface area contributed by atoms with Crippen molar-refractivity contribution in [2.45, 2.75) is 33.1 Å². The molecule has 1 aliphatic rings. The Labute approximate surface area is 143 Å². The lowest BCUT2D eigenvalue weighted by Gasteiger charge is -2.09. The Morgan fingerprint density at radius 3 is 2.75 bits per heavy atom. The molecular weight excluding hydrogens is 322 g/mol. The first kappa shape index (κ1) is 15.1. The molecule has 0 unspecified atom stereocenters. The topological polar surface area (TPSA) is 64.1 Å². The third kappa shape index (κ3) is 2.73. The second kappa shape index (κ2) is 5.87. The summed E-state index contributed by atoms with van der Waals surface area (Å²) in [5, 5.41) is 3.81.